The lowest BCUT2D eigenvalue weighted by Gasteiger charge is -2.25. The Balaban J connectivity index is 2.39. The van der Waals surface area contributed by atoms with Crippen molar-refractivity contribution in [1.29, 1.82) is 0 Å². The SMILES string of the molecule is CCS(=O)(=O)N1CCC(C(=O)O)(c2ccccc2)C1. The van der Waals surface area contributed by atoms with E-state index >= 15 is 0 Å². The van der Waals surface area contributed by atoms with Crippen LogP contribution in [0.25, 0.3) is 0 Å². The minimum absolute atomic E-state index is 0.00249. The van der Waals surface area contributed by atoms with Gasteiger partial charge in [0.05, 0.1) is 5.75 Å². The lowest BCUT2D eigenvalue weighted by molar-refractivity contribution is -0.143. The Bertz CT molecular complexity index is 570. The smallest absolute Gasteiger partial charge is 0.315 e. The van der Waals surface area contributed by atoms with Crippen molar-refractivity contribution in [1.82, 2.24) is 4.31 Å². The molecule has 1 aliphatic rings. The molecule has 0 aromatic heterocycles. The summed E-state index contributed by atoms with van der Waals surface area (Å²) in [5.41, 5.74) is -0.458. The molecule has 0 aliphatic carbocycles. The van der Waals surface area contributed by atoms with Gasteiger partial charge in [-0.15, -0.1) is 0 Å². The first-order chi connectivity index (χ1) is 8.92. The Morgan fingerprint density at radius 2 is 2.00 bits per heavy atom. The molecule has 1 N–H and O–H groups in total. The summed E-state index contributed by atoms with van der Waals surface area (Å²) in [7, 11) is -3.34. The van der Waals surface area contributed by atoms with E-state index in [2.05, 4.69) is 0 Å². The maximum absolute atomic E-state index is 11.9. The third-order valence-electron chi connectivity index (χ3n) is 3.73. The Labute approximate surface area is 112 Å². The molecule has 0 bridgehead atoms. The van der Waals surface area contributed by atoms with E-state index in [0.29, 0.717) is 12.0 Å². The zero-order valence-electron chi connectivity index (χ0n) is 10.7. The monoisotopic (exact) mass is 283 g/mol. The van der Waals surface area contributed by atoms with Crippen LogP contribution in [0.4, 0.5) is 0 Å². The number of carbonyl (C=O) groups is 1. The van der Waals surface area contributed by atoms with Gasteiger partial charge in [0, 0.05) is 13.1 Å². The van der Waals surface area contributed by atoms with E-state index in [9.17, 15) is 18.3 Å². The van der Waals surface area contributed by atoms with Crippen molar-refractivity contribution in [2.75, 3.05) is 18.8 Å². The number of hydrogen-bond acceptors (Lipinski definition) is 3. The van der Waals surface area contributed by atoms with Gasteiger partial charge in [0.1, 0.15) is 5.41 Å². The van der Waals surface area contributed by atoms with Gasteiger partial charge in [-0.2, -0.15) is 0 Å². The highest BCUT2D eigenvalue weighted by Crippen LogP contribution is 2.36. The average molecular weight is 283 g/mol. The van der Waals surface area contributed by atoms with Gasteiger partial charge in [-0.1, -0.05) is 30.3 Å². The first-order valence-electron chi connectivity index (χ1n) is 6.19. The van der Waals surface area contributed by atoms with E-state index in [-0.39, 0.29) is 18.8 Å². The summed E-state index contributed by atoms with van der Waals surface area (Å²) in [6.07, 6.45) is 0.311. The highest BCUT2D eigenvalue weighted by molar-refractivity contribution is 7.89. The van der Waals surface area contributed by atoms with Gasteiger partial charge in [0.2, 0.25) is 10.0 Å². The van der Waals surface area contributed by atoms with Gasteiger partial charge < -0.3 is 5.11 Å². The van der Waals surface area contributed by atoms with Crippen LogP contribution in [0.15, 0.2) is 30.3 Å². The Morgan fingerprint density at radius 1 is 1.37 bits per heavy atom. The third kappa shape index (κ3) is 2.37. The van der Waals surface area contributed by atoms with Crippen molar-refractivity contribution in [2.45, 2.75) is 18.8 Å². The normalized spacial score (nSPS) is 24.5. The molecular weight excluding hydrogens is 266 g/mol. The van der Waals surface area contributed by atoms with Gasteiger partial charge in [0.15, 0.2) is 0 Å². The van der Waals surface area contributed by atoms with Gasteiger partial charge in [-0.3, -0.25) is 4.79 Å². The van der Waals surface area contributed by atoms with Crippen LogP contribution >= 0.6 is 0 Å². The molecule has 19 heavy (non-hydrogen) atoms. The minimum atomic E-state index is -3.34. The van der Waals surface area contributed by atoms with Crippen LogP contribution in [0.2, 0.25) is 0 Å². The molecule has 104 valence electrons. The molecule has 1 aromatic carbocycles. The molecule has 1 aromatic rings. The number of nitrogens with zero attached hydrogens (tertiary/aromatic N) is 1. The molecule has 1 fully saturated rings. The van der Waals surface area contributed by atoms with Crippen LogP contribution < -0.4 is 0 Å². The molecule has 0 saturated carbocycles. The van der Waals surface area contributed by atoms with Gasteiger partial charge in [0.25, 0.3) is 0 Å². The summed E-state index contributed by atoms with van der Waals surface area (Å²) < 4.78 is 25.0. The predicted octanol–water partition coefficient (Wildman–Crippen LogP) is 1.06. The van der Waals surface area contributed by atoms with E-state index in [1.54, 1.807) is 31.2 Å². The zero-order chi connectivity index (χ0) is 14.1. The second kappa shape index (κ2) is 4.94. The van der Waals surface area contributed by atoms with Crippen molar-refractivity contribution in [3.05, 3.63) is 35.9 Å². The van der Waals surface area contributed by atoms with Crippen LogP contribution in [0.3, 0.4) is 0 Å². The van der Waals surface area contributed by atoms with Gasteiger partial charge in [-0.05, 0) is 18.9 Å². The molecule has 1 heterocycles. The predicted molar refractivity (Wildman–Crippen MR) is 71.4 cm³/mol. The van der Waals surface area contributed by atoms with Gasteiger partial charge >= 0.3 is 5.97 Å². The quantitative estimate of drug-likeness (QED) is 0.896. The number of sulfonamides is 1. The Kier molecular flexibility index (Phi) is 3.64. The van der Waals surface area contributed by atoms with E-state index in [4.69, 9.17) is 0 Å². The molecular formula is C13H17NO4S. The number of rotatable bonds is 4. The van der Waals surface area contributed by atoms with Crippen LogP contribution in [-0.2, 0) is 20.2 Å². The van der Waals surface area contributed by atoms with E-state index < -0.39 is 21.4 Å². The summed E-state index contributed by atoms with van der Waals surface area (Å²) >= 11 is 0. The summed E-state index contributed by atoms with van der Waals surface area (Å²) in [6, 6.07) is 8.86. The van der Waals surface area contributed by atoms with Crippen LogP contribution in [0.1, 0.15) is 18.9 Å². The van der Waals surface area contributed by atoms with Gasteiger partial charge in [-0.25, -0.2) is 12.7 Å². The standard InChI is InChI=1S/C13H17NO4S/c1-2-19(17,18)14-9-8-13(10-14,12(15)16)11-6-4-3-5-7-11/h3-7H,2,8-10H2,1H3,(H,15,16). The van der Waals surface area contributed by atoms with E-state index in [1.165, 1.54) is 4.31 Å². The van der Waals surface area contributed by atoms with Crippen LogP contribution in [0.5, 0.6) is 0 Å². The molecule has 1 atom stereocenters. The van der Waals surface area contributed by atoms with E-state index in [1.807, 2.05) is 6.07 Å². The van der Waals surface area contributed by atoms with Crippen LogP contribution in [-0.4, -0.2) is 42.6 Å². The number of aliphatic carboxylic acids is 1. The van der Waals surface area contributed by atoms with Crippen molar-refractivity contribution in [3.63, 3.8) is 0 Å². The summed E-state index contributed by atoms with van der Waals surface area (Å²) in [5, 5.41) is 9.55. The maximum atomic E-state index is 11.9. The fraction of sp³-hybridized carbons (Fsp3) is 0.462. The third-order valence-corrected chi connectivity index (χ3v) is 5.56. The minimum Gasteiger partial charge on any atom is -0.481 e. The van der Waals surface area contributed by atoms with E-state index in [0.717, 1.165) is 0 Å². The Morgan fingerprint density at radius 3 is 2.53 bits per heavy atom. The largest absolute Gasteiger partial charge is 0.481 e. The molecule has 0 radical (unpaired) electrons. The zero-order valence-corrected chi connectivity index (χ0v) is 11.6. The topological polar surface area (TPSA) is 74.7 Å². The molecule has 1 saturated heterocycles. The second-order valence-electron chi connectivity index (χ2n) is 4.74. The average Bonchev–Trinajstić information content (AvgIpc) is 2.87. The van der Waals surface area contributed by atoms with Crippen LogP contribution in [0, 0.1) is 0 Å². The number of carboxylic acid groups (broad SMARTS) is 1. The lowest BCUT2D eigenvalue weighted by atomic mass is 9.80. The summed E-state index contributed by atoms with van der Waals surface area (Å²) in [4.78, 5) is 11.7. The number of hydrogen-bond donors (Lipinski definition) is 1. The number of benzene rings is 1. The maximum Gasteiger partial charge on any atom is 0.315 e. The molecule has 0 amide bonds. The van der Waals surface area contributed by atoms with Crippen molar-refractivity contribution in [3.8, 4) is 0 Å². The molecule has 2 rings (SSSR count). The highest BCUT2D eigenvalue weighted by atomic mass is 32.2. The molecule has 6 heteroatoms. The molecule has 1 unspecified atom stereocenters. The second-order valence-corrected chi connectivity index (χ2v) is 6.99. The van der Waals surface area contributed by atoms with Crippen molar-refractivity contribution < 1.29 is 18.3 Å². The first kappa shape index (κ1) is 14.0. The highest BCUT2D eigenvalue weighted by Gasteiger charge is 2.48. The number of carboxylic acids is 1. The Hall–Kier alpha value is -1.40. The fourth-order valence-corrected chi connectivity index (χ4v) is 3.64. The summed E-state index contributed by atoms with van der Waals surface area (Å²) in [6.45, 7) is 1.85. The fourth-order valence-electron chi connectivity index (χ4n) is 2.49. The summed E-state index contributed by atoms with van der Waals surface area (Å²) in [5.74, 6) is -0.968. The van der Waals surface area contributed by atoms with Crippen molar-refractivity contribution >= 4 is 16.0 Å². The van der Waals surface area contributed by atoms with Crippen molar-refractivity contribution in [2.24, 2.45) is 0 Å². The first-order valence-corrected chi connectivity index (χ1v) is 7.80. The lowest BCUT2D eigenvalue weighted by Crippen LogP contribution is -2.40. The molecule has 0 spiro atoms. The molecule has 1 aliphatic heterocycles. The molecule has 5 nitrogen and oxygen atoms in total.